The molecule has 2 heterocycles. The molecule has 0 radical (unpaired) electrons. The van der Waals surface area contributed by atoms with Crippen molar-refractivity contribution >= 4 is 23.2 Å². The Morgan fingerprint density at radius 1 is 1.62 bits per heavy atom. The van der Waals surface area contributed by atoms with Crippen LogP contribution in [0, 0.1) is 0 Å². The van der Waals surface area contributed by atoms with Crippen LogP contribution in [-0.2, 0) is 6.42 Å². The molecule has 4 N–H and O–H groups in total. The third kappa shape index (κ3) is 2.54. The summed E-state index contributed by atoms with van der Waals surface area (Å²) in [6.45, 7) is 0.503. The van der Waals surface area contributed by atoms with Gasteiger partial charge in [0.1, 0.15) is 0 Å². The van der Waals surface area contributed by atoms with Crippen LogP contribution in [0.5, 0.6) is 0 Å². The van der Waals surface area contributed by atoms with E-state index in [2.05, 4.69) is 25.5 Å². The fourth-order valence-corrected chi connectivity index (χ4v) is 1.72. The Morgan fingerprint density at radius 2 is 2.50 bits per heavy atom. The van der Waals surface area contributed by atoms with Gasteiger partial charge in [0.2, 0.25) is 11.8 Å². The summed E-state index contributed by atoms with van der Waals surface area (Å²) in [5, 5.41) is 10.6. The summed E-state index contributed by atoms with van der Waals surface area (Å²) in [6.07, 6.45) is 0.693. The lowest BCUT2D eigenvalue weighted by Gasteiger charge is -2.00. The van der Waals surface area contributed by atoms with Gasteiger partial charge in [-0.2, -0.15) is 4.98 Å². The minimum Gasteiger partial charge on any atom is -0.366 e. The SMILES string of the molecule is Nc1n[nH]c(C(=O)NCCc2cscn2)n1. The maximum absolute atomic E-state index is 11.5. The van der Waals surface area contributed by atoms with Gasteiger partial charge in [0.25, 0.3) is 5.91 Å². The molecule has 1 amide bonds. The number of aromatic amines is 1. The normalized spacial score (nSPS) is 10.2. The van der Waals surface area contributed by atoms with Crippen LogP contribution in [0.3, 0.4) is 0 Å². The molecule has 0 aromatic carbocycles. The Balaban J connectivity index is 1.80. The van der Waals surface area contributed by atoms with Crippen LogP contribution < -0.4 is 11.1 Å². The molecule has 0 aliphatic carbocycles. The fraction of sp³-hybridized carbons (Fsp3) is 0.250. The first-order valence-corrected chi connectivity index (χ1v) is 5.53. The summed E-state index contributed by atoms with van der Waals surface area (Å²) in [6, 6.07) is 0. The smallest absolute Gasteiger partial charge is 0.288 e. The Labute approximate surface area is 95.1 Å². The van der Waals surface area contributed by atoms with E-state index in [1.165, 1.54) is 11.3 Å². The van der Waals surface area contributed by atoms with E-state index in [1.54, 1.807) is 5.51 Å². The molecule has 0 spiro atoms. The predicted octanol–water partition coefficient (Wildman–Crippen LogP) is -0.184. The second-order valence-electron chi connectivity index (χ2n) is 3.03. The summed E-state index contributed by atoms with van der Waals surface area (Å²) >= 11 is 1.53. The number of hydrogen-bond acceptors (Lipinski definition) is 6. The molecule has 2 aromatic rings. The average Bonchev–Trinajstić information content (AvgIpc) is 2.89. The standard InChI is InChI=1S/C8H10N6OS/c9-8-12-6(13-14-8)7(15)10-2-1-5-3-16-4-11-5/h3-4H,1-2H2,(H,10,15)(H3,9,12,13,14). The molecule has 0 atom stereocenters. The molecule has 0 aliphatic rings. The van der Waals surface area contributed by atoms with E-state index in [0.29, 0.717) is 13.0 Å². The van der Waals surface area contributed by atoms with Crippen molar-refractivity contribution in [3.05, 3.63) is 22.4 Å². The van der Waals surface area contributed by atoms with Gasteiger partial charge in [0.15, 0.2) is 0 Å². The number of carbonyl (C=O) groups is 1. The van der Waals surface area contributed by atoms with Gasteiger partial charge in [0, 0.05) is 18.3 Å². The Kier molecular flexibility index (Phi) is 3.10. The molecule has 0 bridgehead atoms. The van der Waals surface area contributed by atoms with Crippen molar-refractivity contribution in [3.8, 4) is 0 Å². The number of rotatable bonds is 4. The molecule has 0 saturated heterocycles. The number of anilines is 1. The molecule has 2 rings (SSSR count). The summed E-state index contributed by atoms with van der Waals surface area (Å²) in [5.74, 6) is -0.139. The molecular formula is C8H10N6OS. The zero-order valence-corrected chi connectivity index (χ0v) is 9.12. The van der Waals surface area contributed by atoms with Crippen molar-refractivity contribution in [1.29, 1.82) is 0 Å². The molecule has 7 nitrogen and oxygen atoms in total. The first-order chi connectivity index (χ1) is 7.75. The average molecular weight is 238 g/mol. The number of carbonyl (C=O) groups excluding carboxylic acids is 1. The topological polar surface area (TPSA) is 110 Å². The van der Waals surface area contributed by atoms with Gasteiger partial charge in [-0.15, -0.1) is 16.4 Å². The maximum atomic E-state index is 11.5. The summed E-state index contributed by atoms with van der Waals surface area (Å²) in [7, 11) is 0. The maximum Gasteiger partial charge on any atom is 0.288 e. The number of thiazole rings is 1. The number of aromatic nitrogens is 4. The highest BCUT2D eigenvalue weighted by Crippen LogP contribution is 2.00. The third-order valence-electron chi connectivity index (χ3n) is 1.87. The van der Waals surface area contributed by atoms with Crippen LogP contribution in [-0.4, -0.2) is 32.6 Å². The van der Waals surface area contributed by atoms with E-state index in [1.807, 2.05) is 5.38 Å². The monoisotopic (exact) mass is 238 g/mol. The zero-order chi connectivity index (χ0) is 11.4. The lowest BCUT2D eigenvalue weighted by Crippen LogP contribution is -2.26. The number of hydrogen-bond donors (Lipinski definition) is 3. The molecule has 16 heavy (non-hydrogen) atoms. The van der Waals surface area contributed by atoms with Crippen molar-refractivity contribution in [2.24, 2.45) is 0 Å². The molecule has 0 fully saturated rings. The Morgan fingerprint density at radius 3 is 3.12 bits per heavy atom. The van der Waals surface area contributed by atoms with E-state index in [4.69, 9.17) is 5.73 Å². The zero-order valence-electron chi connectivity index (χ0n) is 8.30. The third-order valence-corrected chi connectivity index (χ3v) is 2.50. The van der Waals surface area contributed by atoms with Gasteiger partial charge in [-0.05, 0) is 0 Å². The highest BCUT2D eigenvalue weighted by Gasteiger charge is 2.09. The van der Waals surface area contributed by atoms with Gasteiger partial charge in [-0.3, -0.25) is 9.89 Å². The van der Waals surface area contributed by atoms with Crippen LogP contribution in [0.4, 0.5) is 5.95 Å². The molecule has 0 aliphatic heterocycles. The van der Waals surface area contributed by atoms with Gasteiger partial charge < -0.3 is 11.1 Å². The quantitative estimate of drug-likeness (QED) is 0.684. The van der Waals surface area contributed by atoms with E-state index in [9.17, 15) is 4.79 Å². The van der Waals surface area contributed by atoms with Gasteiger partial charge in [-0.1, -0.05) is 0 Å². The molecule has 0 unspecified atom stereocenters. The minimum absolute atomic E-state index is 0.0599. The van der Waals surface area contributed by atoms with Gasteiger partial charge in [0.05, 0.1) is 11.2 Å². The molecule has 8 heteroatoms. The van der Waals surface area contributed by atoms with Crippen molar-refractivity contribution in [2.75, 3.05) is 12.3 Å². The first-order valence-electron chi connectivity index (χ1n) is 4.59. The van der Waals surface area contributed by atoms with Crippen LogP contribution >= 0.6 is 11.3 Å². The largest absolute Gasteiger partial charge is 0.366 e. The van der Waals surface area contributed by atoms with Crippen LogP contribution in [0.15, 0.2) is 10.9 Å². The van der Waals surface area contributed by atoms with E-state index >= 15 is 0 Å². The second-order valence-corrected chi connectivity index (χ2v) is 3.75. The van der Waals surface area contributed by atoms with E-state index in [0.717, 1.165) is 5.69 Å². The number of nitrogens with two attached hydrogens (primary N) is 1. The van der Waals surface area contributed by atoms with Crippen molar-refractivity contribution in [2.45, 2.75) is 6.42 Å². The van der Waals surface area contributed by atoms with Crippen LogP contribution in [0.1, 0.15) is 16.3 Å². The number of nitrogens with one attached hydrogen (secondary N) is 2. The highest BCUT2D eigenvalue weighted by molar-refractivity contribution is 7.07. The molecule has 84 valence electrons. The van der Waals surface area contributed by atoms with Gasteiger partial charge in [-0.25, -0.2) is 4.98 Å². The lowest BCUT2D eigenvalue weighted by atomic mass is 10.3. The molecule has 0 saturated carbocycles. The summed E-state index contributed by atoms with van der Waals surface area (Å²) < 4.78 is 0. The minimum atomic E-state index is -0.320. The Bertz CT molecular complexity index is 465. The van der Waals surface area contributed by atoms with Crippen LogP contribution in [0.2, 0.25) is 0 Å². The molecular weight excluding hydrogens is 228 g/mol. The lowest BCUT2D eigenvalue weighted by molar-refractivity contribution is 0.0944. The van der Waals surface area contributed by atoms with Crippen molar-refractivity contribution in [3.63, 3.8) is 0 Å². The van der Waals surface area contributed by atoms with Crippen LogP contribution in [0.25, 0.3) is 0 Å². The first kappa shape index (κ1) is 10.6. The van der Waals surface area contributed by atoms with Crippen molar-refractivity contribution in [1.82, 2.24) is 25.5 Å². The van der Waals surface area contributed by atoms with Gasteiger partial charge >= 0.3 is 0 Å². The highest BCUT2D eigenvalue weighted by atomic mass is 32.1. The fourth-order valence-electron chi connectivity index (χ4n) is 1.13. The molecule has 2 aromatic heterocycles. The summed E-state index contributed by atoms with van der Waals surface area (Å²) in [4.78, 5) is 19.3. The number of amides is 1. The predicted molar refractivity (Wildman–Crippen MR) is 58.9 cm³/mol. The van der Waals surface area contributed by atoms with Crippen molar-refractivity contribution < 1.29 is 4.79 Å². The summed E-state index contributed by atoms with van der Waals surface area (Å²) in [5.41, 5.74) is 8.00. The number of H-pyrrole nitrogens is 1. The van der Waals surface area contributed by atoms with E-state index in [-0.39, 0.29) is 17.7 Å². The number of nitrogens with zero attached hydrogens (tertiary/aromatic N) is 3. The van der Waals surface area contributed by atoms with E-state index < -0.39 is 0 Å². The Hall–Kier alpha value is -1.96. The second kappa shape index (κ2) is 4.71. The number of nitrogen functional groups attached to an aromatic ring is 1.